The van der Waals surface area contributed by atoms with E-state index in [1.165, 1.54) is 32.7 Å². The Morgan fingerprint density at radius 3 is 2.27 bits per heavy atom. The number of nitrogens with zero attached hydrogens (tertiary/aromatic N) is 2. The zero-order chi connectivity index (χ0) is 18.5. The van der Waals surface area contributed by atoms with Crippen molar-refractivity contribution in [2.75, 3.05) is 0 Å². The van der Waals surface area contributed by atoms with Crippen LogP contribution >= 0.6 is 11.8 Å². The minimum Gasteiger partial charge on any atom is -0.336 e. The number of aromatic nitrogens is 2. The van der Waals surface area contributed by atoms with Gasteiger partial charge in [-0.2, -0.15) is 0 Å². The van der Waals surface area contributed by atoms with Crippen molar-refractivity contribution >= 4 is 11.8 Å². The first-order valence-corrected chi connectivity index (χ1v) is 10.1. The maximum Gasteiger partial charge on any atom is 0.0946 e. The first kappa shape index (κ1) is 18.8. The van der Waals surface area contributed by atoms with Gasteiger partial charge >= 0.3 is 0 Å². The van der Waals surface area contributed by atoms with Gasteiger partial charge in [0.05, 0.1) is 6.33 Å². The Labute approximate surface area is 161 Å². The molecule has 0 spiro atoms. The van der Waals surface area contributed by atoms with Gasteiger partial charge in [-0.15, -0.1) is 11.8 Å². The van der Waals surface area contributed by atoms with Crippen LogP contribution in [-0.4, -0.2) is 14.8 Å². The lowest BCUT2D eigenvalue weighted by molar-refractivity contribution is 0.623. The molecule has 0 aliphatic carbocycles. The van der Waals surface area contributed by atoms with Gasteiger partial charge in [-0.3, -0.25) is 0 Å². The molecule has 0 radical (unpaired) electrons. The highest BCUT2D eigenvalue weighted by Gasteiger charge is 2.15. The summed E-state index contributed by atoms with van der Waals surface area (Å²) >= 11 is 2.02. The van der Waals surface area contributed by atoms with Gasteiger partial charge in [0.15, 0.2) is 0 Å². The van der Waals surface area contributed by atoms with Crippen molar-refractivity contribution in [3.8, 4) is 0 Å². The summed E-state index contributed by atoms with van der Waals surface area (Å²) in [4.78, 5) is 5.65. The Morgan fingerprint density at radius 1 is 0.962 bits per heavy atom. The van der Waals surface area contributed by atoms with E-state index in [9.17, 15) is 0 Å². The molecule has 2 aromatic carbocycles. The predicted molar refractivity (Wildman–Crippen MR) is 112 cm³/mol. The lowest BCUT2D eigenvalue weighted by Gasteiger charge is -2.20. The van der Waals surface area contributed by atoms with E-state index < -0.39 is 0 Å². The molecule has 0 N–H and O–H groups in total. The maximum atomic E-state index is 4.21. The molecule has 0 bridgehead atoms. The van der Waals surface area contributed by atoms with Gasteiger partial charge in [-0.25, -0.2) is 4.98 Å². The van der Waals surface area contributed by atoms with E-state index in [4.69, 9.17) is 0 Å². The molecule has 0 aliphatic heterocycles. The van der Waals surface area contributed by atoms with Crippen molar-refractivity contribution in [2.45, 2.75) is 57.2 Å². The summed E-state index contributed by atoms with van der Waals surface area (Å²) in [6.45, 7) is 9.77. The average molecular weight is 365 g/mol. The van der Waals surface area contributed by atoms with Crippen LogP contribution in [0.15, 0.2) is 60.0 Å². The third kappa shape index (κ3) is 5.01. The fourth-order valence-corrected chi connectivity index (χ4v) is 4.72. The Bertz CT molecular complexity index is 812. The first-order valence-electron chi connectivity index (χ1n) is 9.27. The van der Waals surface area contributed by atoms with Crippen LogP contribution in [-0.2, 0) is 13.0 Å². The number of hydrogen-bond donors (Lipinski definition) is 0. The summed E-state index contributed by atoms with van der Waals surface area (Å²) in [5, 5.41) is 0.519. The molecule has 1 unspecified atom stereocenters. The fraction of sp³-hybridized carbons (Fsp3) is 0.348. The van der Waals surface area contributed by atoms with E-state index in [1.807, 2.05) is 24.3 Å². The highest BCUT2D eigenvalue weighted by molar-refractivity contribution is 8.00. The third-order valence-corrected chi connectivity index (χ3v) is 6.34. The second-order valence-electron chi connectivity index (χ2n) is 7.25. The van der Waals surface area contributed by atoms with E-state index in [0.29, 0.717) is 5.25 Å². The second-order valence-corrected chi connectivity index (χ2v) is 8.56. The van der Waals surface area contributed by atoms with Crippen molar-refractivity contribution in [3.05, 3.63) is 82.9 Å². The topological polar surface area (TPSA) is 17.8 Å². The number of imidazole rings is 1. The largest absolute Gasteiger partial charge is 0.336 e. The number of thioether (sulfide) groups is 1. The standard InChI is InChI=1S/C23H28N2S/c1-17-5-7-21(8-6-17)9-10-22(15-25-12-11-24-16-25)26-23-19(3)13-18(2)14-20(23)4/h5-8,11-14,16,22H,9-10,15H2,1-4H3. The SMILES string of the molecule is Cc1ccc(CCC(Cn2ccnc2)Sc2c(C)cc(C)cc2C)cc1. The predicted octanol–water partition coefficient (Wildman–Crippen LogP) is 5.91. The summed E-state index contributed by atoms with van der Waals surface area (Å²) in [5.41, 5.74) is 6.86. The molecule has 0 saturated carbocycles. The number of aryl methyl sites for hydroxylation is 5. The second kappa shape index (κ2) is 8.59. The molecule has 1 heterocycles. The summed E-state index contributed by atoms with van der Waals surface area (Å²) in [6, 6.07) is 13.5. The molecule has 0 amide bonds. The molecule has 0 aliphatic rings. The zero-order valence-corrected chi connectivity index (χ0v) is 17.0. The van der Waals surface area contributed by atoms with Gasteiger partial charge in [0.2, 0.25) is 0 Å². The molecule has 26 heavy (non-hydrogen) atoms. The number of rotatable bonds is 7. The molecule has 2 nitrogen and oxygen atoms in total. The fourth-order valence-electron chi connectivity index (χ4n) is 3.42. The van der Waals surface area contributed by atoms with Gasteiger partial charge in [0, 0.05) is 29.1 Å². The minimum absolute atomic E-state index is 0.519. The van der Waals surface area contributed by atoms with Crippen molar-refractivity contribution in [1.29, 1.82) is 0 Å². The van der Waals surface area contributed by atoms with Crippen molar-refractivity contribution in [1.82, 2.24) is 9.55 Å². The van der Waals surface area contributed by atoms with Crippen LogP contribution in [0.1, 0.15) is 34.2 Å². The summed E-state index contributed by atoms with van der Waals surface area (Å²) in [7, 11) is 0. The van der Waals surface area contributed by atoms with Crippen LogP contribution < -0.4 is 0 Å². The molecule has 1 atom stereocenters. The van der Waals surface area contributed by atoms with Gasteiger partial charge in [-0.1, -0.05) is 47.5 Å². The number of hydrogen-bond acceptors (Lipinski definition) is 2. The normalized spacial score (nSPS) is 12.3. The molecule has 1 aromatic heterocycles. The Kier molecular flexibility index (Phi) is 6.20. The van der Waals surface area contributed by atoms with E-state index >= 15 is 0 Å². The summed E-state index contributed by atoms with van der Waals surface area (Å²) in [5.74, 6) is 0. The van der Waals surface area contributed by atoms with Crippen molar-refractivity contribution in [2.24, 2.45) is 0 Å². The van der Waals surface area contributed by atoms with Gasteiger partial charge in [0.25, 0.3) is 0 Å². The van der Waals surface area contributed by atoms with Gasteiger partial charge in [0.1, 0.15) is 0 Å². The van der Waals surface area contributed by atoms with E-state index in [1.54, 1.807) is 0 Å². The van der Waals surface area contributed by atoms with Gasteiger partial charge < -0.3 is 4.57 Å². The Morgan fingerprint density at radius 2 is 1.65 bits per heavy atom. The lowest BCUT2D eigenvalue weighted by Crippen LogP contribution is -2.14. The minimum atomic E-state index is 0.519. The van der Waals surface area contributed by atoms with E-state index in [0.717, 1.165) is 19.4 Å². The number of benzene rings is 2. The highest BCUT2D eigenvalue weighted by atomic mass is 32.2. The summed E-state index contributed by atoms with van der Waals surface area (Å²) < 4.78 is 2.20. The summed E-state index contributed by atoms with van der Waals surface area (Å²) in [6.07, 6.45) is 8.11. The molecule has 0 saturated heterocycles. The van der Waals surface area contributed by atoms with Crippen LogP contribution in [0.3, 0.4) is 0 Å². The monoisotopic (exact) mass is 364 g/mol. The molecule has 0 fully saturated rings. The Balaban J connectivity index is 1.76. The van der Waals surface area contributed by atoms with Crippen LogP contribution in [0.5, 0.6) is 0 Å². The van der Waals surface area contributed by atoms with Crippen LogP contribution in [0.4, 0.5) is 0 Å². The molecular formula is C23H28N2S. The van der Waals surface area contributed by atoms with Crippen molar-refractivity contribution in [3.63, 3.8) is 0 Å². The van der Waals surface area contributed by atoms with E-state index in [-0.39, 0.29) is 0 Å². The zero-order valence-electron chi connectivity index (χ0n) is 16.2. The maximum absolute atomic E-state index is 4.21. The van der Waals surface area contributed by atoms with Crippen LogP contribution in [0, 0.1) is 27.7 Å². The molecule has 3 aromatic rings. The van der Waals surface area contributed by atoms with Crippen molar-refractivity contribution < 1.29 is 0 Å². The Hall–Kier alpha value is -2.00. The highest BCUT2D eigenvalue weighted by Crippen LogP contribution is 2.33. The first-order chi connectivity index (χ1) is 12.5. The van der Waals surface area contributed by atoms with Crippen LogP contribution in [0.25, 0.3) is 0 Å². The third-order valence-electron chi connectivity index (χ3n) is 4.74. The average Bonchev–Trinajstić information content (AvgIpc) is 3.10. The molecule has 3 rings (SSSR count). The van der Waals surface area contributed by atoms with Gasteiger partial charge in [-0.05, 0) is 57.2 Å². The van der Waals surface area contributed by atoms with Crippen LogP contribution in [0.2, 0.25) is 0 Å². The molecular weight excluding hydrogens is 336 g/mol. The van der Waals surface area contributed by atoms with E-state index in [2.05, 4.69) is 79.8 Å². The smallest absolute Gasteiger partial charge is 0.0946 e. The molecule has 136 valence electrons. The molecule has 3 heteroatoms. The lowest BCUT2D eigenvalue weighted by atomic mass is 10.1. The quantitative estimate of drug-likeness (QED) is 0.485.